The van der Waals surface area contributed by atoms with Crippen molar-refractivity contribution in [2.24, 2.45) is 0 Å². The molecule has 0 spiro atoms. The molecule has 0 aromatic carbocycles. The molecule has 0 radical (unpaired) electrons. The molecule has 0 aliphatic carbocycles. The number of nitrogens with zero attached hydrogens (tertiary/aromatic N) is 2. The molecule has 78 valence electrons. The third-order valence-electron chi connectivity index (χ3n) is 1.90. The van der Waals surface area contributed by atoms with Crippen LogP contribution in [0.3, 0.4) is 0 Å². The smallest absolute Gasteiger partial charge is 0.151 e. The topological polar surface area (TPSA) is 35.0 Å². The van der Waals surface area contributed by atoms with Crippen LogP contribution in [0.15, 0.2) is 12.1 Å². The Morgan fingerprint density at radius 1 is 1.43 bits per heavy atom. The maximum Gasteiger partial charge on any atom is 0.151 e. The molecule has 4 heteroatoms. The number of hydrogen-bond acceptors (Lipinski definition) is 3. The van der Waals surface area contributed by atoms with Gasteiger partial charge in [0.05, 0.1) is 18.4 Å². The van der Waals surface area contributed by atoms with Gasteiger partial charge < -0.3 is 4.74 Å². The quantitative estimate of drug-likeness (QED) is 0.756. The van der Waals surface area contributed by atoms with Crippen molar-refractivity contribution in [1.82, 2.24) is 10.2 Å². The second kappa shape index (κ2) is 5.94. The summed E-state index contributed by atoms with van der Waals surface area (Å²) in [7, 11) is 0. The number of ether oxygens (including phenoxy) is 1. The fourth-order valence-corrected chi connectivity index (χ4v) is 1.24. The maximum atomic E-state index is 5.61. The lowest BCUT2D eigenvalue weighted by Crippen LogP contribution is -2.08. The van der Waals surface area contributed by atoms with E-state index in [1.54, 1.807) is 6.07 Å². The van der Waals surface area contributed by atoms with Crippen LogP contribution in [0, 0.1) is 0 Å². The van der Waals surface area contributed by atoms with E-state index in [1.807, 2.05) is 6.07 Å². The van der Waals surface area contributed by atoms with Crippen LogP contribution in [0.4, 0.5) is 0 Å². The summed E-state index contributed by atoms with van der Waals surface area (Å²) in [6.45, 7) is 4.71. The van der Waals surface area contributed by atoms with Gasteiger partial charge in [-0.2, -0.15) is 5.10 Å². The first-order valence-corrected chi connectivity index (χ1v) is 5.20. The van der Waals surface area contributed by atoms with E-state index in [9.17, 15) is 0 Å². The number of rotatable bonds is 5. The molecule has 0 bridgehead atoms. The Morgan fingerprint density at radius 3 is 2.79 bits per heavy atom. The van der Waals surface area contributed by atoms with Gasteiger partial charge in [-0.05, 0) is 25.5 Å². The Morgan fingerprint density at radius 2 is 2.21 bits per heavy atom. The molecule has 1 rings (SSSR count). The van der Waals surface area contributed by atoms with Crippen LogP contribution in [0.5, 0.6) is 0 Å². The molecule has 0 aliphatic heterocycles. The van der Waals surface area contributed by atoms with E-state index < -0.39 is 0 Å². The van der Waals surface area contributed by atoms with Crippen LogP contribution in [0.25, 0.3) is 0 Å². The average Bonchev–Trinajstić information content (AvgIpc) is 2.17. The van der Waals surface area contributed by atoms with E-state index in [4.69, 9.17) is 16.3 Å². The summed E-state index contributed by atoms with van der Waals surface area (Å²) in [5, 5.41) is 8.05. The fourth-order valence-electron chi connectivity index (χ4n) is 1.14. The summed E-state index contributed by atoms with van der Waals surface area (Å²) < 4.78 is 5.56. The molecule has 0 saturated heterocycles. The van der Waals surface area contributed by atoms with Crippen LogP contribution < -0.4 is 0 Å². The van der Waals surface area contributed by atoms with Crippen molar-refractivity contribution in [2.75, 3.05) is 0 Å². The first kappa shape index (κ1) is 11.4. The van der Waals surface area contributed by atoms with Gasteiger partial charge in [0, 0.05) is 0 Å². The van der Waals surface area contributed by atoms with E-state index in [0.29, 0.717) is 11.8 Å². The summed E-state index contributed by atoms with van der Waals surface area (Å²) in [6.07, 6.45) is 2.48. The highest BCUT2D eigenvalue weighted by molar-refractivity contribution is 6.29. The summed E-state index contributed by atoms with van der Waals surface area (Å²) in [4.78, 5) is 0. The van der Waals surface area contributed by atoms with Crippen LogP contribution in [-0.2, 0) is 11.3 Å². The standard InChI is InChI=1S/C10H15ClN2O/c1-3-4-8(2)14-7-9-5-6-10(11)13-12-9/h5-6,8H,3-4,7H2,1-2H3. The third kappa shape index (κ3) is 4.03. The molecular formula is C10H15ClN2O. The molecule has 1 aromatic heterocycles. The molecule has 0 aliphatic rings. The average molecular weight is 215 g/mol. The van der Waals surface area contributed by atoms with Gasteiger partial charge >= 0.3 is 0 Å². The SMILES string of the molecule is CCCC(C)OCc1ccc(Cl)nn1. The van der Waals surface area contributed by atoms with Gasteiger partial charge in [0.15, 0.2) is 5.15 Å². The first-order chi connectivity index (χ1) is 6.72. The molecule has 1 aromatic rings. The molecule has 1 unspecified atom stereocenters. The monoisotopic (exact) mass is 214 g/mol. The predicted octanol–water partition coefficient (Wildman–Crippen LogP) is 2.84. The van der Waals surface area contributed by atoms with Gasteiger partial charge in [-0.1, -0.05) is 24.9 Å². The molecule has 1 atom stereocenters. The van der Waals surface area contributed by atoms with E-state index in [-0.39, 0.29) is 6.10 Å². The van der Waals surface area contributed by atoms with E-state index in [1.165, 1.54) is 0 Å². The van der Waals surface area contributed by atoms with Crippen LogP contribution in [-0.4, -0.2) is 16.3 Å². The Bertz CT molecular complexity index is 263. The fraction of sp³-hybridized carbons (Fsp3) is 0.600. The van der Waals surface area contributed by atoms with Crippen molar-refractivity contribution < 1.29 is 4.74 Å². The molecule has 0 saturated carbocycles. The van der Waals surface area contributed by atoms with Gasteiger partial charge in [0.25, 0.3) is 0 Å². The summed E-state index contributed by atoms with van der Waals surface area (Å²) in [6, 6.07) is 3.55. The molecular weight excluding hydrogens is 200 g/mol. The lowest BCUT2D eigenvalue weighted by Gasteiger charge is -2.10. The molecule has 14 heavy (non-hydrogen) atoms. The lowest BCUT2D eigenvalue weighted by molar-refractivity contribution is 0.0448. The van der Waals surface area contributed by atoms with Gasteiger partial charge in [-0.25, -0.2) is 0 Å². The van der Waals surface area contributed by atoms with Gasteiger partial charge in [-0.15, -0.1) is 5.10 Å². The highest BCUT2D eigenvalue weighted by atomic mass is 35.5. The Labute approximate surface area is 89.4 Å². The highest BCUT2D eigenvalue weighted by Gasteiger charge is 2.02. The van der Waals surface area contributed by atoms with Crippen molar-refractivity contribution in [3.05, 3.63) is 23.0 Å². The minimum Gasteiger partial charge on any atom is -0.372 e. The normalized spacial score (nSPS) is 12.8. The van der Waals surface area contributed by atoms with Crippen LogP contribution in [0.1, 0.15) is 32.4 Å². The van der Waals surface area contributed by atoms with Crippen LogP contribution >= 0.6 is 11.6 Å². The first-order valence-electron chi connectivity index (χ1n) is 4.82. The molecule has 0 fully saturated rings. The molecule has 1 heterocycles. The van der Waals surface area contributed by atoms with E-state index >= 15 is 0 Å². The minimum atomic E-state index is 0.275. The molecule has 0 N–H and O–H groups in total. The third-order valence-corrected chi connectivity index (χ3v) is 2.10. The van der Waals surface area contributed by atoms with Crippen molar-refractivity contribution >= 4 is 11.6 Å². The van der Waals surface area contributed by atoms with Crippen molar-refractivity contribution in [2.45, 2.75) is 39.4 Å². The van der Waals surface area contributed by atoms with Gasteiger partial charge in [0.2, 0.25) is 0 Å². The van der Waals surface area contributed by atoms with E-state index in [0.717, 1.165) is 18.5 Å². The lowest BCUT2D eigenvalue weighted by atomic mass is 10.2. The predicted molar refractivity (Wildman–Crippen MR) is 56.2 cm³/mol. The zero-order valence-electron chi connectivity index (χ0n) is 8.53. The Balaban J connectivity index is 2.34. The summed E-state index contributed by atoms with van der Waals surface area (Å²) >= 11 is 5.61. The zero-order valence-corrected chi connectivity index (χ0v) is 9.29. The number of hydrogen-bond donors (Lipinski definition) is 0. The Kier molecular flexibility index (Phi) is 4.84. The maximum absolute atomic E-state index is 5.61. The zero-order chi connectivity index (χ0) is 10.4. The van der Waals surface area contributed by atoms with Crippen LogP contribution in [0.2, 0.25) is 5.15 Å². The molecule has 0 amide bonds. The van der Waals surface area contributed by atoms with Crippen molar-refractivity contribution in [1.29, 1.82) is 0 Å². The van der Waals surface area contributed by atoms with Gasteiger partial charge in [0.1, 0.15) is 0 Å². The second-order valence-corrected chi connectivity index (χ2v) is 3.64. The largest absolute Gasteiger partial charge is 0.372 e. The Hall–Kier alpha value is -0.670. The molecule has 3 nitrogen and oxygen atoms in total. The number of aromatic nitrogens is 2. The summed E-state index contributed by atoms with van der Waals surface area (Å²) in [5.41, 5.74) is 0.817. The van der Waals surface area contributed by atoms with Crippen molar-refractivity contribution in [3.63, 3.8) is 0 Å². The summed E-state index contributed by atoms with van der Waals surface area (Å²) in [5.74, 6) is 0. The van der Waals surface area contributed by atoms with Crippen molar-refractivity contribution in [3.8, 4) is 0 Å². The van der Waals surface area contributed by atoms with Gasteiger partial charge in [-0.3, -0.25) is 0 Å². The highest BCUT2D eigenvalue weighted by Crippen LogP contribution is 2.06. The number of halogens is 1. The van der Waals surface area contributed by atoms with E-state index in [2.05, 4.69) is 24.0 Å². The minimum absolute atomic E-state index is 0.275. The second-order valence-electron chi connectivity index (χ2n) is 3.26.